The molecule has 96 valence electrons. The van der Waals surface area contributed by atoms with E-state index in [0.717, 1.165) is 24.5 Å². The summed E-state index contributed by atoms with van der Waals surface area (Å²) in [4.78, 5) is 2.36. The Morgan fingerprint density at radius 2 is 2.11 bits per heavy atom. The molecule has 2 rings (SSSR count). The van der Waals surface area contributed by atoms with Crippen molar-refractivity contribution in [2.45, 2.75) is 33.1 Å². The van der Waals surface area contributed by atoms with E-state index in [9.17, 15) is 0 Å². The second-order valence-electron chi connectivity index (χ2n) is 5.26. The summed E-state index contributed by atoms with van der Waals surface area (Å²) in [5, 5.41) is 8.86. The Kier molecular flexibility index (Phi) is 3.47. The number of anilines is 2. The van der Waals surface area contributed by atoms with Crippen molar-refractivity contribution in [2.24, 2.45) is 5.41 Å². The minimum Gasteiger partial charge on any atom is -0.397 e. The minimum absolute atomic E-state index is 0.445. The summed E-state index contributed by atoms with van der Waals surface area (Å²) in [5.41, 5.74) is 8.93. The predicted molar refractivity (Wildman–Crippen MR) is 75.4 cm³/mol. The van der Waals surface area contributed by atoms with Gasteiger partial charge in [-0.1, -0.05) is 13.8 Å². The van der Waals surface area contributed by atoms with E-state index in [2.05, 4.69) is 24.8 Å². The van der Waals surface area contributed by atoms with Gasteiger partial charge in [0.25, 0.3) is 0 Å². The Morgan fingerprint density at radius 3 is 2.61 bits per heavy atom. The first-order chi connectivity index (χ1) is 8.64. The molecule has 1 heterocycles. The number of hydrogen-bond acceptors (Lipinski definition) is 3. The molecular weight excluding hydrogens is 222 g/mol. The van der Waals surface area contributed by atoms with Crippen molar-refractivity contribution < 1.29 is 0 Å². The number of nitriles is 1. The number of benzene rings is 1. The Balaban J connectivity index is 2.22. The molecule has 0 atom stereocenters. The second-order valence-corrected chi connectivity index (χ2v) is 5.26. The molecule has 1 aliphatic rings. The van der Waals surface area contributed by atoms with Crippen molar-refractivity contribution in [2.75, 3.05) is 23.7 Å². The quantitative estimate of drug-likeness (QED) is 0.830. The van der Waals surface area contributed by atoms with Crippen LogP contribution in [0, 0.1) is 16.7 Å². The maximum absolute atomic E-state index is 8.86. The second kappa shape index (κ2) is 4.89. The van der Waals surface area contributed by atoms with Crippen LogP contribution in [0.2, 0.25) is 0 Å². The lowest BCUT2D eigenvalue weighted by atomic mass is 9.82. The van der Waals surface area contributed by atoms with Gasteiger partial charge in [0.05, 0.1) is 23.0 Å². The highest BCUT2D eigenvalue weighted by molar-refractivity contribution is 5.70. The lowest BCUT2D eigenvalue weighted by molar-refractivity contribution is 0.301. The first kappa shape index (κ1) is 12.8. The fourth-order valence-corrected chi connectivity index (χ4v) is 2.88. The van der Waals surface area contributed by atoms with E-state index in [1.54, 1.807) is 6.07 Å². The van der Waals surface area contributed by atoms with E-state index in [1.807, 2.05) is 12.1 Å². The van der Waals surface area contributed by atoms with E-state index in [1.165, 1.54) is 19.3 Å². The van der Waals surface area contributed by atoms with Gasteiger partial charge in [0.1, 0.15) is 0 Å². The average molecular weight is 243 g/mol. The summed E-state index contributed by atoms with van der Waals surface area (Å²) >= 11 is 0. The van der Waals surface area contributed by atoms with Gasteiger partial charge in [-0.25, -0.2) is 0 Å². The molecule has 1 aromatic carbocycles. The Morgan fingerprint density at radius 1 is 1.39 bits per heavy atom. The van der Waals surface area contributed by atoms with Gasteiger partial charge in [0.2, 0.25) is 0 Å². The van der Waals surface area contributed by atoms with Crippen LogP contribution in [0.4, 0.5) is 11.4 Å². The van der Waals surface area contributed by atoms with Crippen LogP contribution >= 0.6 is 0 Å². The summed E-state index contributed by atoms with van der Waals surface area (Å²) in [7, 11) is 0. The Labute approximate surface area is 109 Å². The molecule has 3 heteroatoms. The highest BCUT2D eigenvalue weighted by Gasteiger charge is 2.35. The summed E-state index contributed by atoms with van der Waals surface area (Å²) < 4.78 is 0. The van der Waals surface area contributed by atoms with Gasteiger partial charge in [-0.3, -0.25) is 0 Å². The van der Waals surface area contributed by atoms with Gasteiger partial charge in [-0.05, 0) is 42.9 Å². The average Bonchev–Trinajstić information content (AvgIpc) is 2.83. The van der Waals surface area contributed by atoms with E-state index in [4.69, 9.17) is 11.0 Å². The summed E-state index contributed by atoms with van der Waals surface area (Å²) in [5.74, 6) is 0. The summed E-state index contributed by atoms with van der Waals surface area (Å²) in [6, 6.07) is 7.73. The first-order valence-electron chi connectivity index (χ1n) is 6.68. The molecule has 1 fully saturated rings. The van der Waals surface area contributed by atoms with Crippen molar-refractivity contribution in [1.82, 2.24) is 0 Å². The molecule has 1 aromatic rings. The van der Waals surface area contributed by atoms with Crippen LogP contribution < -0.4 is 10.6 Å². The minimum atomic E-state index is 0.445. The molecule has 0 bridgehead atoms. The van der Waals surface area contributed by atoms with Crippen LogP contribution in [-0.2, 0) is 0 Å². The fraction of sp³-hybridized carbons (Fsp3) is 0.533. The van der Waals surface area contributed by atoms with E-state index in [0.29, 0.717) is 11.0 Å². The Hall–Kier alpha value is -1.69. The summed E-state index contributed by atoms with van der Waals surface area (Å²) in [6.45, 7) is 6.69. The van der Waals surface area contributed by atoms with Gasteiger partial charge in [-0.15, -0.1) is 0 Å². The molecule has 2 N–H and O–H groups in total. The molecule has 0 amide bonds. The molecule has 0 aromatic heterocycles. The monoisotopic (exact) mass is 243 g/mol. The van der Waals surface area contributed by atoms with E-state index < -0.39 is 0 Å². The van der Waals surface area contributed by atoms with Gasteiger partial charge in [-0.2, -0.15) is 5.26 Å². The number of nitrogens with two attached hydrogens (primary N) is 1. The molecule has 0 saturated carbocycles. The molecule has 0 aliphatic carbocycles. The number of nitrogen functional groups attached to an aromatic ring is 1. The molecule has 1 aliphatic heterocycles. The van der Waals surface area contributed by atoms with Crippen LogP contribution in [0.15, 0.2) is 18.2 Å². The van der Waals surface area contributed by atoms with Gasteiger partial charge >= 0.3 is 0 Å². The van der Waals surface area contributed by atoms with Crippen LogP contribution in [-0.4, -0.2) is 13.1 Å². The Bertz CT molecular complexity index is 469. The third-order valence-corrected chi connectivity index (χ3v) is 4.44. The molecular formula is C15H21N3. The van der Waals surface area contributed by atoms with Crippen LogP contribution in [0.25, 0.3) is 0 Å². The lowest BCUT2D eigenvalue weighted by Gasteiger charge is -2.27. The highest BCUT2D eigenvalue weighted by atomic mass is 15.2. The predicted octanol–water partition coefficient (Wildman–Crippen LogP) is 3.16. The van der Waals surface area contributed by atoms with Crippen molar-refractivity contribution in [3.63, 3.8) is 0 Å². The fourth-order valence-electron chi connectivity index (χ4n) is 2.88. The van der Waals surface area contributed by atoms with Crippen molar-refractivity contribution >= 4 is 11.4 Å². The largest absolute Gasteiger partial charge is 0.397 e. The van der Waals surface area contributed by atoms with E-state index >= 15 is 0 Å². The van der Waals surface area contributed by atoms with Crippen molar-refractivity contribution in [3.8, 4) is 6.07 Å². The molecule has 0 unspecified atom stereocenters. The van der Waals surface area contributed by atoms with Crippen LogP contribution in [0.5, 0.6) is 0 Å². The maximum atomic E-state index is 8.86. The SMILES string of the molecule is CCC1(CC)CCN(c2ccc(C#N)cc2N)C1. The lowest BCUT2D eigenvalue weighted by Crippen LogP contribution is -2.26. The van der Waals surface area contributed by atoms with Gasteiger partial charge < -0.3 is 10.6 Å². The molecule has 18 heavy (non-hydrogen) atoms. The standard InChI is InChI=1S/C15H21N3/c1-3-15(4-2)7-8-18(11-15)14-6-5-12(10-16)9-13(14)17/h5-6,9H,3-4,7-8,11,17H2,1-2H3. The van der Waals surface area contributed by atoms with Gasteiger partial charge in [0, 0.05) is 13.1 Å². The first-order valence-corrected chi connectivity index (χ1v) is 6.68. The molecule has 1 saturated heterocycles. The van der Waals surface area contributed by atoms with Crippen LogP contribution in [0.1, 0.15) is 38.7 Å². The van der Waals surface area contributed by atoms with Crippen LogP contribution in [0.3, 0.4) is 0 Å². The zero-order valence-corrected chi connectivity index (χ0v) is 11.2. The third kappa shape index (κ3) is 2.15. The number of nitrogens with zero attached hydrogens (tertiary/aromatic N) is 2. The maximum Gasteiger partial charge on any atom is 0.0992 e. The third-order valence-electron chi connectivity index (χ3n) is 4.44. The zero-order chi connectivity index (χ0) is 13.2. The van der Waals surface area contributed by atoms with Crippen molar-refractivity contribution in [1.29, 1.82) is 5.26 Å². The smallest absolute Gasteiger partial charge is 0.0992 e. The molecule has 3 nitrogen and oxygen atoms in total. The van der Waals surface area contributed by atoms with Gasteiger partial charge in [0.15, 0.2) is 0 Å². The molecule has 0 spiro atoms. The topological polar surface area (TPSA) is 53.0 Å². The normalized spacial score (nSPS) is 17.7. The molecule has 0 radical (unpaired) electrons. The summed E-state index contributed by atoms with van der Waals surface area (Å²) in [6.07, 6.45) is 3.67. The number of hydrogen-bond donors (Lipinski definition) is 1. The highest BCUT2D eigenvalue weighted by Crippen LogP contribution is 2.40. The van der Waals surface area contributed by atoms with Crippen molar-refractivity contribution in [3.05, 3.63) is 23.8 Å². The van der Waals surface area contributed by atoms with E-state index in [-0.39, 0.29) is 0 Å². The zero-order valence-electron chi connectivity index (χ0n) is 11.2. The number of rotatable bonds is 3.